The van der Waals surface area contributed by atoms with Crippen molar-refractivity contribution >= 4 is 17.5 Å². The highest BCUT2D eigenvalue weighted by Gasteiger charge is 2.23. The summed E-state index contributed by atoms with van der Waals surface area (Å²) in [5.41, 5.74) is 1.18. The van der Waals surface area contributed by atoms with E-state index in [1.807, 2.05) is 32.0 Å². The van der Waals surface area contributed by atoms with Crippen molar-refractivity contribution in [1.82, 2.24) is 10.2 Å². The van der Waals surface area contributed by atoms with Crippen molar-refractivity contribution in [3.63, 3.8) is 0 Å². The van der Waals surface area contributed by atoms with E-state index in [4.69, 9.17) is 0 Å². The third kappa shape index (κ3) is 4.48. The lowest BCUT2D eigenvalue weighted by Crippen LogP contribution is -2.49. The van der Waals surface area contributed by atoms with Crippen molar-refractivity contribution in [2.24, 2.45) is 0 Å². The highest BCUT2D eigenvalue weighted by Crippen LogP contribution is 2.15. The Bertz CT molecular complexity index is 496. The van der Waals surface area contributed by atoms with Gasteiger partial charge in [-0.2, -0.15) is 0 Å². The zero-order chi connectivity index (χ0) is 15.9. The van der Waals surface area contributed by atoms with Crippen LogP contribution in [0.5, 0.6) is 0 Å². The molecule has 1 fully saturated rings. The van der Waals surface area contributed by atoms with Crippen molar-refractivity contribution in [3.05, 3.63) is 30.3 Å². The molecule has 1 aromatic carbocycles. The summed E-state index contributed by atoms with van der Waals surface area (Å²) in [7, 11) is 0. The van der Waals surface area contributed by atoms with E-state index in [1.165, 1.54) is 5.69 Å². The summed E-state index contributed by atoms with van der Waals surface area (Å²) in [6.07, 6.45) is 0.825. The van der Waals surface area contributed by atoms with Crippen LogP contribution in [0.15, 0.2) is 30.3 Å². The summed E-state index contributed by atoms with van der Waals surface area (Å²) in [5.74, 6) is -0.252. The van der Waals surface area contributed by atoms with Crippen LogP contribution in [0.2, 0.25) is 0 Å². The first-order chi connectivity index (χ1) is 10.6. The summed E-state index contributed by atoms with van der Waals surface area (Å²) in [5, 5.41) is 2.84. The Morgan fingerprint density at radius 1 is 1.14 bits per heavy atom. The molecule has 0 spiro atoms. The van der Waals surface area contributed by atoms with Crippen LogP contribution < -0.4 is 10.2 Å². The van der Waals surface area contributed by atoms with Gasteiger partial charge in [-0.1, -0.05) is 25.1 Å². The Hall–Kier alpha value is -2.04. The van der Waals surface area contributed by atoms with Gasteiger partial charge in [-0.3, -0.25) is 9.59 Å². The minimum absolute atomic E-state index is 0.0460. The molecule has 1 aromatic rings. The van der Waals surface area contributed by atoms with Gasteiger partial charge in [-0.05, 0) is 25.5 Å². The Labute approximate surface area is 132 Å². The number of hydrogen-bond donors (Lipinski definition) is 1. The molecule has 5 nitrogen and oxygen atoms in total. The molecule has 0 aliphatic carbocycles. The standard InChI is InChI=1S/C17H25N3O2/c1-3-14(2)18-16(21)13-17(22)20-11-9-19(10-12-20)15-7-5-4-6-8-15/h4-8,14H,3,9-13H2,1-2H3,(H,18,21). The maximum atomic E-state index is 12.2. The van der Waals surface area contributed by atoms with E-state index in [1.54, 1.807) is 4.90 Å². The zero-order valence-corrected chi connectivity index (χ0v) is 13.4. The second-order valence-electron chi connectivity index (χ2n) is 5.76. The second-order valence-corrected chi connectivity index (χ2v) is 5.76. The number of anilines is 1. The molecule has 1 aliphatic rings. The number of rotatable bonds is 5. The molecular formula is C17H25N3O2. The fourth-order valence-corrected chi connectivity index (χ4v) is 2.53. The molecule has 0 bridgehead atoms. The third-order valence-electron chi connectivity index (χ3n) is 4.09. The molecule has 1 N–H and O–H groups in total. The number of benzene rings is 1. The number of nitrogens with zero attached hydrogens (tertiary/aromatic N) is 2. The van der Waals surface area contributed by atoms with Crippen LogP contribution in [0.25, 0.3) is 0 Å². The number of nitrogens with one attached hydrogen (secondary N) is 1. The minimum Gasteiger partial charge on any atom is -0.368 e. The monoisotopic (exact) mass is 303 g/mol. The lowest BCUT2D eigenvalue weighted by molar-refractivity contribution is -0.136. The lowest BCUT2D eigenvalue weighted by Gasteiger charge is -2.36. The fourth-order valence-electron chi connectivity index (χ4n) is 2.53. The van der Waals surface area contributed by atoms with Crippen LogP contribution in [0.1, 0.15) is 26.7 Å². The van der Waals surface area contributed by atoms with Gasteiger partial charge in [0.15, 0.2) is 0 Å². The smallest absolute Gasteiger partial charge is 0.232 e. The normalized spacial score (nSPS) is 16.3. The van der Waals surface area contributed by atoms with Crippen molar-refractivity contribution in [3.8, 4) is 0 Å². The maximum absolute atomic E-state index is 12.2. The summed E-state index contributed by atoms with van der Waals surface area (Å²) in [6.45, 7) is 6.91. The topological polar surface area (TPSA) is 52.7 Å². The second kappa shape index (κ2) is 7.82. The van der Waals surface area contributed by atoms with Gasteiger partial charge in [0.25, 0.3) is 0 Å². The van der Waals surface area contributed by atoms with E-state index < -0.39 is 0 Å². The molecule has 1 aliphatic heterocycles. The summed E-state index contributed by atoms with van der Waals surface area (Å²) < 4.78 is 0. The van der Waals surface area contributed by atoms with Gasteiger partial charge in [-0.15, -0.1) is 0 Å². The predicted octanol–water partition coefficient (Wildman–Crippen LogP) is 1.64. The van der Waals surface area contributed by atoms with E-state index in [0.29, 0.717) is 13.1 Å². The van der Waals surface area contributed by atoms with E-state index in [2.05, 4.69) is 22.3 Å². The number of carbonyl (C=O) groups is 2. The fraction of sp³-hybridized carbons (Fsp3) is 0.529. The number of carbonyl (C=O) groups excluding carboxylic acids is 2. The average Bonchev–Trinajstić information content (AvgIpc) is 2.55. The van der Waals surface area contributed by atoms with E-state index in [-0.39, 0.29) is 24.3 Å². The van der Waals surface area contributed by atoms with Crippen molar-refractivity contribution in [1.29, 1.82) is 0 Å². The van der Waals surface area contributed by atoms with Crippen LogP contribution >= 0.6 is 0 Å². The Morgan fingerprint density at radius 2 is 1.77 bits per heavy atom. The van der Waals surface area contributed by atoms with Crippen molar-refractivity contribution < 1.29 is 9.59 Å². The molecule has 0 aromatic heterocycles. The molecular weight excluding hydrogens is 278 g/mol. The van der Waals surface area contributed by atoms with Gasteiger partial charge in [-0.25, -0.2) is 0 Å². The van der Waals surface area contributed by atoms with Crippen molar-refractivity contribution in [2.75, 3.05) is 31.1 Å². The largest absolute Gasteiger partial charge is 0.368 e. The highest BCUT2D eigenvalue weighted by atomic mass is 16.2. The van der Waals surface area contributed by atoms with Crippen LogP contribution in [0.4, 0.5) is 5.69 Å². The first-order valence-electron chi connectivity index (χ1n) is 7.97. The molecule has 1 unspecified atom stereocenters. The molecule has 22 heavy (non-hydrogen) atoms. The molecule has 120 valence electrons. The molecule has 1 heterocycles. The van der Waals surface area contributed by atoms with E-state index >= 15 is 0 Å². The summed E-state index contributed by atoms with van der Waals surface area (Å²) >= 11 is 0. The molecule has 2 rings (SSSR count). The Morgan fingerprint density at radius 3 is 2.36 bits per heavy atom. The van der Waals surface area contributed by atoms with Gasteiger partial charge < -0.3 is 15.1 Å². The van der Waals surface area contributed by atoms with Gasteiger partial charge in [0.1, 0.15) is 6.42 Å². The van der Waals surface area contributed by atoms with Gasteiger partial charge in [0.05, 0.1) is 0 Å². The van der Waals surface area contributed by atoms with Gasteiger partial charge in [0.2, 0.25) is 11.8 Å². The van der Waals surface area contributed by atoms with Crippen LogP contribution in [0.3, 0.4) is 0 Å². The predicted molar refractivity (Wildman–Crippen MR) is 87.7 cm³/mol. The lowest BCUT2D eigenvalue weighted by atomic mass is 10.2. The maximum Gasteiger partial charge on any atom is 0.232 e. The number of piperazine rings is 1. The quantitative estimate of drug-likeness (QED) is 0.841. The SMILES string of the molecule is CCC(C)NC(=O)CC(=O)N1CCN(c2ccccc2)CC1. The first-order valence-corrected chi connectivity index (χ1v) is 7.97. The van der Waals surface area contributed by atoms with Crippen LogP contribution in [-0.2, 0) is 9.59 Å². The van der Waals surface area contributed by atoms with Gasteiger partial charge >= 0.3 is 0 Å². The molecule has 0 radical (unpaired) electrons. The summed E-state index contributed by atoms with van der Waals surface area (Å²) in [6, 6.07) is 10.3. The molecule has 2 amide bonds. The summed E-state index contributed by atoms with van der Waals surface area (Å²) in [4.78, 5) is 28.0. The number of hydrogen-bond acceptors (Lipinski definition) is 3. The van der Waals surface area contributed by atoms with Crippen LogP contribution in [-0.4, -0.2) is 48.9 Å². The van der Waals surface area contributed by atoms with Crippen molar-refractivity contribution in [2.45, 2.75) is 32.7 Å². The number of para-hydroxylation sites is 1. The third-order valence-corrected chi connectivity index (χ3v) is 4.09. The van der Waals surface area contributed by atoms with Crippen LogP contribution in [0, 0.1) is 0 Å². The Balaban J connectivity index is 1.79. The molecule has 0 saturated carbocycles. The first kappa shape index (κ1) is 16.3. The Kier molecular flexibility index (Phi) is 5.81. The zero-order valence-electron chi connectivity index (χ0n) is 13.4. The molecule has 1 atom stereocenters. The molecule has 5 heteroatoms. The van der Waals surface area contributed by atoms with E-state index in [0.717, 1.165) is 19.5 Å². The minimum atomic E-state index is -0.176. The average molecular weight is 303 g/mol. The highest BCUT2D eigenvalue weighted by molar-refractivity contribution is 5.97. The molecule has 1 saturated heterocycles. The van der Waals surface area contributed by atoms with E-state index in [9.17, 15) is 9.59 Å². The number of amides is 2. The van der Waals surface area contributed by atoms with Gasteiger partial charge in [0, 0.05) is 37.9 Å².